The normalized spacial score (nSPS) is 9.72. The number of allylic oxidation sites excluding steroid dienone is 4. The molecule has 0 amide bonds. The minimum atomic E-state index is -0.0818. The standard InChI is InChI=1S/C24H12N6O2/c25-10-11-30-21(23-8-4-19(31-23)3-1-2-17(13-26)14-27)6-7-22(30)24-9-5-20(32-24)12-18(15-28)16-29/h1-9,12H,11H2/b3-1+. The molecule has 0 unspecified atom stereocenters. The minimum absolute atomic E-state index is 0.0232. The van der Waals surface area contributed by atoms with Gasteiger partial charge in [-0.05, 0) is 48.6 Å². The molecule has 0 aliphatic heterocycles. The second-order valence-corrected chi connectivity index (χ2v) is 6.20. The maximum absolute atomic E-state index is 9.30. The van der Waals surface area contributed by atoms with Crippen molar-refractivity contribution in [3.63, 3.8) is 0 Å². The number of aromatic nitrogens is 1. The highest BCUT2D eigenvalue weighted by atomic mass is 16.3. The van der Waals surface area contributed by atoms with Crippen LogP contribution in [-0.4, -0.2) is 4.57 Å². The van der Waals surface area contributed by atoms with E-state index in [0.29, 0.717) is 34.4 Å². The molecule has 0 atom stereocenters. The van der Waals surface area contributed by atoms with E-state index in [4.69, 9.17) is 29.9 Å². The van der Waals surface area contributed by atoms with Crippen molar-refractivity contribution in [1.82, 2.24) is 4.57 Å². The Morgan fingerprint density at radius 2 is 1.31 bits per heavy atom. The summed E-state index contributed by atoms with van der Waals surface area (Å²) < 4.78 is 13.3. The fourth-order valence-electron chi connectivity index (χ4n) is 2.86. The van der Waals surface area contributed by atoms with Crippen LogP contribution in [-0.2, 0) is 6.54 Å². The van der Waals surface area contributed by atoms with Crippen molar-refractivity contribution in [3.8, 4) is 53.3 Å². The van der Waals surface area contributed by atoms with Crippen LogP contribution < -0.4 is 0 Å². The van der Waals surface area contributed by atoms with Gasteiger partial charge in [0.25, 0.3) is 0 Å². The van der Waals surface area contributed by atoms with E-state index in [2.05, 4.69) is 6.07 Å². The lowest BCUT2D eigenvalue weighted by molar-refractivity contribution is 0.558. The Kier molecular flexibility index (Phi) is 6.51. The number of rotatable bonds is 6. The monoisotopic (exact) mass is 416 g/mol. The molecule has 0 fully saturated rings. The summed E-state index contributed by atoms with van der Waals surface area (Å²) in [5, 5.41) is 44.6. The van der Waals surface area contributed by atoms with E-state index in [1.165, 1.54) is 12.2 Å². The number of nitrogens with zero attached hydrogens (tertiary/aromatic N) is 6. The van der Waals surface area contributed by atoms with Crippen molar-refractivity contribution in [2.75, 3.05) is 0 Å². The van der Waals surface area contributed by atoms with Crippen LogP contribution in [0.15, 0.2) is 68.5 Å². The van der Waals surface area contributed by atoms with Gasteiger partial charge in [-0.2, -0.15) is 26.3 Å². The Balaban J connectivity index is 1.94. The molecule has 0 saturated heterocycles. The van der Waals surface area contributed by atoms with Crippen LogP contribution in [0.25, 0.3) is 35.1 Å². The molecule has 3 heterocycles. The molecule has 0 saturated carbocycles. The number of nitriles is 5. The van der Waals surface area contributed by atoms with E-state index >= 15 is 0 Å². The second kappa shape index (κ2) is 9.82. The molecule has 0 bridgehead atoms. The van der Waals surface area contributed by atoms with Gasteiger partial charge in [0.05, 0.1) is 17.5 Å². The van der Waals surface area contributed by atoms with Crippen molar-refractivity contribution in [3.05, 3.63) is 71.2 Å². The van der Waals surface area contributed by atoms with Crippen LogP contribution in [0, 0.1) is 56.7 Å². The fourth-order valence-corrected chi connectivity index (χ4v) is 2.86. The van der Waals surface area contributed by atoms with Crippen LogP contribution in [0.3, 0.4) is 0 Å². The van der Waals surface area contributed by atoms with Gasteiger partial charge in [0.2, 0.25) is 0 Å². The molecule has 0 aliphatic carbocycles. The number of hydrogen-bond donors (Lipinski definition) is 0. The summed E-state index contributed by atoms with van der Waals surface area (Å²) in [6, 6.07) is 19.6. The molecule has 0 spiro atoms. The third-order valence-electron chi connectivity index (χ3n) is 4.26. The summed E-state index contributed by atoms with van der Waals surface area (Å²) in [5.41, 5.74) is 1.17. The first kappa shape index (κ1) is 21.2. The van der Waals surface area contributed by atoms with Gasteiger partial charge in [0, 0.05) is 6.08 Å². The predicted molar refractivity (Wildman–Crippen MR) is 113 cm³/mol. The lowest BCUT2D eigenvalue weighted by Gasteiger charge is -2.06. The SMILES string of the molecule is N#CCn1c(-c2ccc(C=C(C#N)C#N)o2)ccc1-c1ccc(/C=C/C=C(C#N)C#N)o1. The molecule has 0 radical (unpaired) electrons. The Morgan fingerprint density at radius 1 is 0.750 bits per heavy atom. The maximum atomic E-state index is 9.30. The van der Waals surface area contributed by atoms with Crippen molar-refractivity contribution in [2.24, 2.45) is 0 Å². The molecule has 3 aromatic heterocycles. The zero-order valence-electron chi connectivity index (χ0n) is 16.5. The Labute approximate surface area is 183 Å². The van der Waals surface area contributed by atoms with E-state index in [1.807, 2.05) is 0 Å². The van der Waals surface area contributed by atoms with Gasteiger partial charge in [0.1, 0.15) is 53.5 Å². The molecule has 150 valence electrons. The van der Waals surface area contributed by atoms with Gasteiger partial charge in [-0.1, -0.05) is 6.08 Å². The molecular formula is C24H12N6O2. The first-order valence-corrected chi connectivity index (χ1v) is 9.10. The highest BCUT2D eigenvalue weighted by molar-refractivity contribution is 5.67. The third-order valence-corrected chi connectivity index (χ3v) is 4.26. The fraction of sp³-hybridized carbons (Fsp3) is 0.0417. The summed E-state index contributed by atoms with van der Waals surface area (Å²) in [7, 11) is 0. The van der Waals surface area contributed by atoms with Crippen molar-refractivity contribution >= 4 is 12.2 Å². The molecular weight excluding hydrogens is 404 g/mol. The van der Waals surface area contributed by atoms with E-state index < -0.39 is 0 Å². The summed E-state index contributed by atoms with van der Waals surface area (Å²) in [6.45, 7) is 0.0352. The quantitative estimate of drug-likeness (QED) is 0.407. The van der Waals surface area contributed by atoms with Crippen LogP contribution in [0.2, 0.25) is 0 Å². The zero-order chi connectivity index (χ0) is 22.9. The molecule has 8 nitrogen and oxygen atoms in total. The first-order chi connectivity index (χ1) is 15.6. The Bertz CT molecular complexity index is 1420. The highest BCUT2D eigenvalue weighted by Crippen LogP contribution is 2.31. The van der Waals surface area contributed by atoms with Gasteiger partial charge >= 0.3 is 0 Å². The summed E-state index contributed by atoms with van der Waals surface area (Å²) in [5.74, 6) is 1.82. The average Bonchev–Trinajstić information content (AvgIpc) is 3.55. The molecule has 8 heteroatoms. The number of furan rings is 2. The summed E-state index contributed by atoms with van der Waals surface area (Å²) >= 11 is 0. The first-order valence-electron chi connectivity index (χ1n) is 9.10. The topological polar surface area (TPSA) is 150 Å². The molecule has 3 rings (SSSR count). The number of hydrogen-bond acceptors (Lipinski definition) is 7. The zero-order valence-corrected chi connectivity index (χ0v) is 16.5. The van der Waals surface area contributed by atoms with Crippen molar-refractivity contribution in [1.29, 1.82) is 26.3 Å². The Hall–Kier alpha value is -5.49. The Morgan fingerprint density at radius 3 is 1.88 bits per heavy atom. The van der Waals surface area contributed by atoms with Crippen LogP contribution >= 0.6 is 0 Å². The van der Waals surface area contributed by atoms with Crippen LogP contribution in [0.1, 0.15) is 11.5 Å². The minimum Gasteiger partial charge on any atom is -0.455 e. The van der Waals surface area contributed by atoms with Gasteiger partial charge in [-0.3, -0.25) is 0 Å². The van der Waals surface area contributed by atoms with E-state index in [9.17, 15) is 5.26 Å². The smallest absolute Gasteiger partial charge is 0.151 e. The van der Waals surface area contributed by atoms with Crippen molar-refractivity contribution < 1.29 is 8.83 Å². The largest absolute Gasteiger partial charge is 0.455 e. The predicted octanol–water partition coefficient (Wildman–Crippen LogP) is 4.95. The van der Waals surface area contributed by atoms with Crippen molar-refractivity contribution in [2.45, 2.75) is 6.54 Å². The maximum Gasteiger partial charge on any atom is 0.151 e. The summed E-state index contributed by atoms with van der Waals surface area (Å²) in [4.78, 5) is 0. The molecule has 32 heavy (non-hydrogen) atoms. The van der Waals surface area contributed by atoms with Gasteiger partial charge in [0.15, 0.2) is 11.5 Å². The second-order valence-electron chi connectivity index (χ2n) is 6.20. The van der Waals surface area contributed by atoms with Crippen LogP contribution in [0.4, 0.5) is 0 Å². The molecule has 3 aromatic rings. The average molecular weight is 416 g/mol. The summed E-state index contributed by atoms with van der Waals surface area (Å²) in [6.07, 6.45) is 5.87. The lowest BCUT2D eigenvalue weighted by Crippen LogP contribution is -1.99. The van der Waals surface area contributed by atoms with Crippen LogP contribution in [0.5, 0.6) is 0 Å². The third kappa shape index (κ3) is 4.56. The van der Waals surface area contributed by atoms with Gasteiger partial charge < -0.3 is 13.4 Å². The lowest BCUT2D eigenvalue weighted by atomic mass is 10.2. The van der Waals surface area contributed by atoms with E-state index in [-0.39, 0.29) is 17.7 Å². The van der Waals surface area contributed by atoms with Gasteiger partial charge in [-0.25, -0.2) is 0 Å². The van der Waals surface area contributed by atoms with Gasteiger partial charge in [-0.15, -0.1) is 0 Å². The molecule has 0 N–H and O–H groups in total. The molecule has 0 aromatic carbocycles. The van der Waals surface area contributed by atoms with E-state index in [0.717, 1.165) is 0 Å². The highest BCUT2D eigenvalue weighted by Gasteiger charge is 2.16. The molecule has 0 aliphatic rings. The van der Waals surface area contributed by atoms with E-state index in [1.54, 1.807) is 77.4 Å².